The minimum Gasteiger partial charge on any atom is -0.481 e. The van der Waals surface area contributed by atoms with Crippen molar-refractivity contribution < 1.29 is 19.4 Å². The molecule has 0 amide bonds. The van der Waals surface area contributed by atoms with Crippen LogP contribution >= 0.6 is 0 Å². The third kappa shape index (κ3) is 3.95. The molecule has 0 unspecified atom stereocenters. The van der Waals surface area contributed by atoms with E-state index >= 15 is 0 Å². The molecule has 0 atom stereocenters. The summed E-state index contributed by atoms with van der Waals surface area (Å²) in [7, 11) is 0. The Balaban J connectivity index is 0.000000195. The number of ether oxygens (including phenoxy) is 2. The Morgan fingerprint density at radius 1 is 1.67 bits per heavy atom. The molecule has 2 rings (SSSR count). The second kappa shape index (κ2) is 5.98. The van der Waals surface area contributed by atoms with Gasteiger partial charge in [0.15, 0.2) is 6.79 Å². The number of aromatic nitrogens is 1. The summed E-state index contributed by atoms with van der Waals surface area (Å²) < 4.78 is 10.2. The molecule has 1 aromatic rings. The highest BCUT2D eigenvalue weighted by molar-refractivity contribution is 5.66. The number of carboxylic acids is 1. The van der Waals surface area contributed by atoms with E-state index in [-0.39, 0.29) is 6.42 Å². The third-order valence-electron chi connectivity index (χ3n) is 1.73. The Morgan fingerprint density at radius 3 is 3.00 bits per heavy atom. The normalized spacial score (nSPS) is 12.9. The maximum atomic E-state index is 9.37. The Hall–Kier alpha value is -1.62. The van der Waals surface area contributed by atoms with Crippen LogP contribution in [-0.4, -0.2) is 22.9 Å². The van der Waals surface area contributed by atoms with Crippen molar-refractivity contribution in [2.45, 2.75) is 20.0 Å². The molecule has 0 aliphatic carbocycles. The van der Waals surface area contributed by atoms with E-state index in [0.717, 1.165) is 11.3 Å². The number of fused-ring (bicyclic) bond motifs is 1. The van der Waals surface area contributed by atoms with Gasteiger partial charge < -0.3 is 14.6 Å². The van der Waals surface area contributed by atoms with Gasteiger partial charge in [-0.25, -0.2) is 0 Å². The summed E-state index contributed by atoms with van der Waals surface area (Å²) in [5.74, 6) is 0.0961. The molecule has 0 spiro atoms. The molecule has 0 fully saturated rings. The molecule has 82 valence electrons. The van der Waals surface area contributed by atoms with Gasteiger partial charge in [-0.05, 0) is 6.07 Å². The minimum atomic E-state index is -0.745. The molecule has 0 radical (unpaired) electrons. The van der Waals surface area contributed by atoms with Gasteiger partial charge in [-0.3, -0.25) is 9.78 Å². The molecule has 0 saturated carbocycles. The van der Waals surface area contributed by atoms with Crippen molar-refractivity contribution in [3.8, 4) is 5.75 Å². The molecule has 5 nitrogen and oxygen atoms in total. The quantitative estimate of drug-likeness (QED) is 0.761. The number of rotatable bonds is 1. The predicted octanol–water partition coefficient (Wildman–Crippen LogP) is 1.43. The average molecular weight is 211 g/mol. The molecule has 1 aromatic heterocycles. The van der Waals surface area contributed by atoms with E-state index in [0.29, 0.717) is 13.4 Å². The highest BCUT2D eigenvalue weighted by Gasteiger charge is 2.07. The summed E-state index contributed by atoms with van der Waals surface area (Å²) in [5, 5.41) is 7.72. The van der Waals surface area contributed by atoms with Crippen LogP contribution in [0.25, 0.3) is 0 Å². The molecule has 0 saturated heterocycles. The Labute approximate surface area is 87.7 Å². The zero-order valence-corrected chi connectivity index (χ0v) is 8.47. The zero-order chi connectivity index (χ0) is 11.1. The third-order valence-corrected chi connectivity index (χ3v) is 1.73. The van der Waals surface area contributed by atoms with Gasteiger partial charge in [0.2, 0.25) is 0 Å². The highest BCUT2D eigenvalue weighted by Crippen LogP contribution is 2.20. The van der Waals surface area contributed by atoms with Crippen LogP contribution in [0.5, 0.6) is 5.75 Å². The minimum absolute atomic E-state index is 0.222. The van der Waals surface area contributed by atoms with Crippen LogP contribution in [-0.2, 0) is 16.1 Å². The van der Waals surface area contributed by atoms with Crippen molar-refractivity contribution in [2.75, 3.05) is 6.79 Å². The summed E-state index contributed by atoms with van der Waals surface area (Å²) in [4.78, 5) is 13.3. The van der Waals surface area contributed by atoms with Crippen LogP contribution in [0.2, 0.25) is 0 Å². The van der Waals surface area contributed by atoms with Crippen LogP contribution in [0.1, 0.15) is 18.9 Å². The lowest BCUT2D eigenvalue weighted by molar-refractivity contribution is -0.136. The van der Waals surface area contributed by atoms with Gasteiger partial charge in [-0.2, -0.15) is 0 Å². The maximum absolute atomic E-state index is 9.37. The maximum Gasteiger partial charge on any atom is 0.303 e. The van der Waals surface area contributed by atoms with Gasteiger partial charge >= 0.3 is 5.97 Å². The standard InChI is InChI=1S/C7H7NO2.C3H6O2/c1-2-8-3-7-6(1)4-9-5-10-7;1-2-3(4)5/h1-3H,4-5H2;2H2,1H3,(H,4,5). The summed E-state index contributed by atoms with van der Waals surface area (Å²) >= 11 is 0. The number of pyridine rings is 1. The van der Waals surface area contributed by atoms with Gasteiger partial charge in [-0.15, -0.1) is 0 Å². The lowest BCUT2D eigenvalue weighted by Crippen LogP contribution is -2.10. The predicted molar refractivity (Wildman–Crippen MR) is 52.4 cm³/mol. The van der Waals surface area contributed by atoms with Crippen LogP contribution in [0.15, 0.2) is 18.5 Å². The van der Waals surface area contributed by atoms with E-state index in [1.807, 2.05) is 6.07 Å². The van der Waals surface area contributed by atoms with Crippen molar-refractivity contribution in [1.82, 2.24) is 4.98 Å². The second-order valence-electron chi connectivity index (χ2n) is 2.84. The highest BCUT2D eigenvalue weighted by atomic mass is 16.7. The van der Waals surface area contributed by atoms with Gasteiger partial charge in [0, 0.05) is 18.2 Å². The van der Waals surface area contributed by atoms with Crippen molar-refractivity contribution in [3.63, 3.8) is 0 Å². The molecule has 1 aliphatic rings. The van der Waals surface area contributed by atoms with Crippen molar-refractivity contribution in [2.24, 2.45) is 0 Å². The zero-order valence-electron chi connectivity index (χ0n) is 8.47. The van der Waals surface area contributed by atoms with E-state index in [1.54, 1.807) is 19.3 Å². The van der Waals surface area contributed by atoms with Gasteiger partial charge in [0.1, 0.15) is 5.75 Å². The number of nitrogens with zero attached hydrogens (tertiary/aromatic N) is 1. The van der Waals surface area contributed by atoms with Gasteiger partial charge in [0.25, 0.3) is 0 Å². The molecule has 0 aromatic carbocycles. The van der Waals surface area contributed by atoms with E-state index in [9.17, 15) is 4.79 Å². The number of carbonyl (C=O) groups is 1. The Kier molecular flexibility index (Phi) is 4.56. The Morgan fingerprint density at radius 2 is 2.40 bits per heavy atom. The Bertz CT molecular complexity index is 302. The van der Waals surface area contributed by atoms with Crippen molar-refractivity contribution >= 4 is 5.97 Å². The van der Waals surface area contributed by atoms with Crippen molar-refractivity contribution in [1.29, 1.82) is 0 Å². The second-order valence-corrected chi connectivity index (χ2v) is 2.84. The smallest absolute Gasteiger partial charge is 0.303 e. The van der Waals surface area contributed by atoms with Crippen LogP contribution in [0, 0.1) is 0 Å². The van der Waals surface area contributed by atoms with E-state index in [2.05, 4.69) is 4.98 Å². The molecule has 15 heavy (non-hydrogen) atoms. The van der Waals surface area contributed by atoms with Gasteiger partial charge in [0.05, 0.1) is 12.8 Å². The first-order valence-corrected chi connectivity index (χ1v) is 4.59. The number of hydrogen-bond donors (Lipinski definition) is 1. The molecular formula is C10H13NO4. The number of hydrogen-bond acceptors (Lipinski definition) is 4. The van der Waals surface area contributed by atoms with Crippen LogP contribution in [0.4, 0.5) is 0 Å². The molecule has 2 heterocycles. The molecule has 1 N–H and O–H groups in total. The molecule has 0 bridgehead atoms. The first-order chi connectivity index (χ1) is 7.24. The summed E-state index contributed by atoms with van der Waals surface area (Å²) in [6, 6.07) is 1.90. The topological polar surface area (TPSA) is 68.7 Å². The van der Waals surface area contributed by atoms with E-state index < -0.39 is 5.97 Å². The van der Waals surface area contributed by atoms with E-state index in [1.165, 1.54) is 0 Å². The summed E-state index contributed by atoms with van der Waals surface area (Å²) in [6.45, 7) is 2.58. The number of carboxylic acid groups (broad SMARTS) is 1. The SMILES string of the molecule is CCC(=O)O.c1cc2c(cn1)OCOC2. The lowest BCUT2D eigenvalue weighted by Gasteiger charge is -2.15. The van der Waals surface area contributed by atoms with Crippen LogP contribution in [0.3, 0.4) is 0 Å². The first kappa shape index (κ1) is 11.5. The summed E-state index contributed by atoms with van der Waals surface area (Å²) in [5.41, 5.74) is 1.07. The first-order valence-electron chi connectivity index (χ1n) is 4.59. The fourth-order valence-corrected chi connectivity index (χ4v) is 0.915. The number of aliphatic carboxylic acids is 1. The molecule has 5 heteroatoms. The molecule has 1 aliphatic heterocycles. The monoisotopic (exact) mass is 211 g/mol. The largest absolute Gasteiger partial charge is 0.481 e. The molecular weight excluding hydrogens is 198 g/mol. The lowest BCUT2D eigenvalue weighted by atomic mass is 10.2. The fraction of sp³-hybridized carbons (Fsp3) is 0.400. The summed E-state index contributed by atoms with van der Waals surface area (Å²) in [6.07, 6.45) is 3.66. The van der Waals surface area contributed by atoms with Gasteiger partial charge in [-0.1, -0.05) is 6.92 Å². The van der Waals surface area contributed by atoms with Crippen molar-refractivity contribution in [3.05, 3.63) is 24.0 Å². The van der Waals surface area contributed by atoms with E-state index in [4.69, 9.17) is 14.6 Å². The van der Waals surface area contributed by atoms with Crippen LogP contribution < -0.4 is 4.74 Å². The fourth-order valence-electron chi connectivity index (χ4n) is 0.915. The average Bonchev–Trinajstić information content (AvgIpc) is 2.30.